The van der Waals surface area contributed by atoms with Crippen LogP contribution < -0.4 is 20.9 Å². The maximum atomic E-state index is 13.2. The number of H-pyrrole nitrogens is 2. The van der Waals surface area contributed by atoms with E-state index in [1.807, 2.05) is 12.1 Å². The van der Waals surface area contributed by atoms with Gasteiger partial charge in [-0.2, -0.15) is 0 Å². The van der Waals surface area contributed by atoms with Crippen LogP contribution in [0, 0.1) is 0 Å². The zero-order chi connectivity index (χ0) is 23.1. The minimum absolute atomic E-state index is 0.167. The largest absolute Gasteiger partial charge is 0.496 e. The number of nitrogen functional groups attached to an aromatic ring is 1. The number of amides is 1. The second-order valence-corrected chi connectivity index (χ2v) is 7.50. The maximum absolute atomic E-state index is 13.2. The molecule has 0 aliphatic carbocycles. The molecule has 0 spiro atoms. The molecule has 0 aliphatic heterocycles. The Morgan fingerprint density at radius 1 is 1.06 bits per heavy atom. The zero-order valence-corrected chi connectivity index (χ0v) is 17.9. The number of anilines is 2. The van der Waals surface area contributed by atoms with E-state index in [0.29, 0.717) is 50.4 Å². The van der Waals surface area contributed by atoms with Gasteiger partial charge in [-0.25, -0.2) is 9.97 Å². The van der Waals surface area contributed by atoms with Crippen LogP contribution in [0.15, 0.2) is 65.6 Å². The van der Waals surface area contributed by atoms with E-state index in [1.165, 1.54) is 12.0 Å². The van der Waals surface area contributed by atoms with Gasteiger partial charge in [-0.15, -0.1) is 0 Å². The van der Waals surface area contributed by atoms with Gasteiger partial charge < -0.3 is 20.4 Å². The van der Waals surface area contributed by atoms with E-state index >= 15 is 0 Å². The van der Waals surface area contributed by atoms with Crippen molar-refractivity contribution in [1.82, 2.24) is 19.9 Å². The summed E-state index contributed by atoms with van der Waals surface area (Å²) >= 11 is 0. The number of hydrogen-bond acceptors (Lipinski definition) is 6. The molecule has 0 unspecified atom stereocenters. The van der Waals surface area contributed by atoms with Gasteiger partial charge in [0, 0.05) is 24.7 Å². The molecule has 0 atom stereocenters. The molecule has 0 saturated heterocycles. The summed E-state index contributed by atoms with van der Waals surface area (Å²) in [5, 5.41) is 0.581. The van der Waals surface area contributed by atoms with Crippen molar-refractivity contribution in [3.05, 3.63) is 76.7 Å². The van der Waals surface area contributed by atoms with Crippen molar-refractivity contribution in [1.29, 1.82) is 0 Å². The number of nitrogens with two attached hydrogens (primary N) is 1. The first-order valence-electron chi connectivity index (χ1n) is 10.2. The van der Waals surface area contributed by atoms with E-state index < -0.39 is 0 Å². The summed E-state index contributed by atoms with van der Waals surface area (Å²) in [5.74, 6) is 0.555. The highest BCUT2D eigenvalue weighted by Gasteiger charge is 2.23. The standard InChI is InChI=1S/C24H20N6O3/c1-30(19-9-5-6-10-26-19)24(32)14-11-13-17(12-18(14)33-2)28-21(20(13)25)22-23(31)29-16-8-4-3-7-15(16)27-22/h3-12,28H,25H2,1-2H3,(H,29,31). The van der Waals surface area contributed by atoms with Gasteiger partial charge >= 0.3 is 0 Å². The number of aromatic nitrogens is 4. The summed E-state index contributed by atoms with van der Waals surface area (Å²) in [5.41, 5.74) is 9.12. The lowest BCUT2D eigenvalue weighted by Crippen LogP contribution is -2.27. The second kappa shape index (κ2) is 7.79. The van der Waals surface area contributed by atoms with E-state index in [-0.39, 0.29) is 17.2 Å². The average Bonchev–Trinajstić information content (AvgIpc) is 3.17. The Morgan fingerprint density at radius 2 is 1.85 bits per heavy atom. The van der Waals surface area contributed by atoms with Crippen LogP contribution in [0.3, 0.4) is 0 Å². The van der Waals surface area contributed by atoms with E-state index in [4.69, 9.17) is 10.5 Å². The predicted molar refractivity (Wildman–Crippen MR) is 128 cm³/mol. The molecule has 0 fully saturated rings. The summed E-state index contributed by atoms with van der Waals surface area (Å²) in [7, 11) is 3.13. The second-order valence-electron chi connectivity index (χ2n) is 7.50. The smallest absolute Gasteiger partial charge is 0.276 e. The van der Waals surface area contributed by atoms with Gasteiger partial charge in [-0.3, -0.25) is 14.5 Å². The fourth-order valence-corrected chi connectivity index (χ4v) is 3.80. The van der Waals surface area contributed by atoms with Crippen molar-refractivity contribution in [2.75, 3.05) is 24.8 Å². The number of carbonyl (C=O) groups excluding carboxylic acids is 1. The number of rotatable bonds is 4. The summed E-state index contributed by atoms with van der Waals surface area (Å²) in [4.78, 5) is 42.1. The van der Waals surface area contributed by atoms with Gasteiger partial charge in [-0.05, 0) is 30.3 Å². The highest BCUT2D eigenvalue weighted by atomic mass is 16.5. The third-order valence-electron chi connectivity index (χ3n) is 5.52. The molecule has 9 heteroatoms. The van der Waals surface area contributed by atoms with Crippen LogP contribution in [0.2, 0.25) is 0 Å². The van der Waals surface area contributed by atoms with Crippen LogP contribution in [0.1, 0.15) is 10.4 Å². The number of carbonyl (C=O) groups is 1. The Morgan fingerprint density at radius 3 is 2.61 bits per heavy atom. The molecule has 4 N–H and O–H groups in total. The summed E-state index contributed by atoms with van der Waals surface area (Å²) in [6, 6.07) is 15.9. The molecule has 2 aromatic carbocycles. The maximum Gasteiger partial charge on any atom is 0.276 e. The van der Waals surface area contributed by atoms with E-state index in [0.717, 1.165) is 0 Å². The lowest BCUT2D eigenvalue weighted by atomic mass is 10.1. The third kappa shape index (κ3) is 3.35. The number of fused-ring (bicyclic) bond motifs is 2. The number of nitrogens with zero attached hydrogens (tertiary/aromatic N) is 3. The monoisotopic (exact) mass is 440 g/mol. The Hall–Kier alpha value is -4.66. The molecule has 3 aromatic heterocycles. The highest BCUT2D eigenvalue weighted by molar-refractivity contribution is 6.11. The van der Waals surface area contributed by atoms with Crippen molar-refractivity contribution in [2.24, 2.45) is 0 Å². The van der Waals surface area contributed by atoms with E-state index in [9.17, 15) is 9.59 Å². The highest BCUT2D eigenvalue weighted by Crippen LogP contribution is 2.35. The Bertz CT molecular complexity index is 1570. The number of pyridine rings is 1. The number of benzene rings is 2. The topological polar surface area (TPSA) is 130 Å². The predicted octanol–water partition coefficient (Wildman–Crippen LogP) is 3.33. The Labute approximate surface area is 187 Å². The molecular formula is C24H20N6O3. The van der Waals surface area contributed by atoms with Crippen molar-refractivity contribution in [2.45, 2.75) is 0 Å². The summed E-state index contributed by atoms with van der Waals surface area (Å²) in [6.07, 6.45) is 1.62. The third-order valence-corrected chi connectivity index (χ3v) is 5.52. The van der Waals surface area contributed by atoms with Crippen LogP contribution in [-0.2, 0) is 0 Å². The SMILES string of the molecule is COc1cc2[nH]c(-c3nc4ccccc4[nH]c3=O)c(N)c2cc1C(=O)N(C)c1ccccn1. The van der Waals surface area contributed by atoms with Gasteiger partial charge in [0.05, 0.1) is 40.6 Å². The van der Waals surface area contributed by atoms with Crippen LogP contribution in [0.4, 0.5) is 11.5 Å². The molecular weight excluding hydrogens is 420 g/mol. The molecule has 0 saturated carbocycles. The molecule has 3 heterocycles. The molecule has 0 radical (unpaired) electrons. The quantitative estimate of drug-likeness (QED) is 0.393. The number of para-hydroxylation sites is 2. The molecule has 33 heavy (non-hydrogen) atoms. The van der Waals surface area contributed by atoms with Crippen LogP contribution >= 0.6 is 0 Å². The van der Waals surface area contributed by atoms with E-state index in [2.05, 4.69) is 19.9 Å². The first-order chi connectivity index (χ1) is 16.0. The summed E-state index contributed by atoms with van der Waals surface area (Å²) < 4.78 is 5.48. The van der Waals surface area contributed by atoms with Crippen molar-refractivity contribution in [3.63, 3.8) is 0 Å². The zero-order valence-electron chi connectivity index (χ0n) is 17.9. The van der Waals surface area contributed by atoms with Crippen molar-refractivity contribution in [3.8, 4) is 17.1 Å². The average molecular weight is 440 g/mol. The molecule has 0 aliphatic rings. The number of aromatic amines is 2. The number of methoxy groups -OCH3 is 1. The number of ether oxygens (including phenoxy) is 1. The van der Waals surface area contributed by atoms with Gasteiger partial charge in [0.25, 0.3) is 11.5 Å². The molecule has 9 nitrogen and oxygen atoms in total. The van der Waals surface area contributed by atoms with Crippen molar-refractivity contribution < 1.29 is 9.53 Å². The van der Waals surface area contributed by atoms with Crippen LogP contribution in [0.25, 0.3) is 33.3 Å². The van der Waals surface area contributed by atoms with Gasteiger partial charge in [0.2, 0.25) is 0 Å². The lowest BCUT2D eigenvalue weighted by molar-refractivity contribution is 0.0989. The number of hydrogen-bond donors (Lipinski definition) is 3. The Balaban J connectivity index is 1.65. The van der Waals surface area contributed by atoms with E-state index in [1.54, 1.807) is 55.7 Å². The van der Waals surface area contributed by atoms with Crippen LogP contribution in [-0.4, -0.2) is 40.0 Å². The fourth-order valence-electron chi connectivity index (χ4n) is 3.80. The van der Waals surface area contributed by atoms with Crippen molar-refractivity contribution >= 4 is 39.3 Å². The van der Waals surface area contributed by atoms with Crippen LogP contribution in [0.5, 0.6) is 5.75 Å². The fraction of sp³-hybridized carbons (Fsp3) is 0.0833. The Kier molecular flexibility index (Phi) is 4.78. The summed E-state index contributed by atoms with van der Waals surface area (Å²) in [6.45, 7) is 0. The molecule has 5 rings (SSSR count). The normalized spacial score (nSPS) is 11.1. The van der Waals surface area contributed by atoms with Gasteiger partial charge in [0.15, 0.2) is 5.69 Å². The first-order valence-corrected chi connectivity index (χ1v) is 10.2. The first kappa shape index (κ1) is 20.3. The van der Waals surface area contributed by atoms with Gasteiger partial charge in [-0.1, -0.05) is 18.2 Å². The van der Waals surface area contributed by atoms with Gasteiger partial charge in [0.1, 0.15) is 11.6 Å². The molecule has 5 aromatic rings. The minimum atomic E-state index is -0.370. The molecule has 164 valence electrons. The number of nitrogens with one attached hydrogen (secondary N) is 2. The molecule has 0 bridgehead atoms. The molecule has 1 amide bonds. The lowest BCUT2D eigenvalue weighted by Gasteiger charge is -2.18. The minimum Gasteiger partial charge on any atom is -0.496 e.